The number of halogens is 2. The van der Waals surface area contributed by atoms with E-state index in [4.69, 9.17) is 0 Å². The van der Waals surface area contributed by atoms with E-state index in [1.165, 1.54) is 16.3 Å². The molecule has 0 aliphatic heterocycles. The number of hydrogen-bond acceptors (Lipinski definition) is 0. The lowest BCUT2D eigenvalue weighted by molar-refractivity contribution is 0.919. The van der Waals surface area contributed by atoms with Gasteiger partial charge in [0.25, 0.3) is 0 Å². The van der Waals surface area contributed by atoms with E-state index in [0.29, 0.717) is 4.83 Å². The molecule has 0 spiro atoms. The number of alkyl halides is 1. The Morgan fingerprint density at radius 2 is 1.73 bits per heavy atom. The summed E-state index contributed by atoms with van der Waals surface area (Å²) in [5.74, 6) is 0. The molecule has 0 fully saturated rings. The molecule has 0 aromatic heterocycles. The lowest BCUT2D eigenvalue weighted by Crippen LogP contribution is -1.90. The molecular weight excluding hydrogens is 316 g/mol. The molecule has 0 aliphatic carbocycles. The van der Waals surface area contributed by atoms with Crippen LogP contribution in [0.15, 0.2) is 40.9 Å². The first-order chi connectivity index (χ1) is 7.24. The Morgan fingerprint density at radius 1 is 1.07 bits per heavy atom. The maximum Gasteiger partial charge on any atom is 0.0398 e. The van der Waals surface area contributed by atoms with Crippen LogP contribution in [0.1, 0.15) is 23.7 Å². The number of benzene rings is 2. The molecule has 0 heterocycles. The molecule has 2 aromatic carbocycles. The lowest BCUT2D eigenvalue weighted by Gasteiger charge is -2.12. The molecule has 2 rings (SSSR count). The van der Waals surface area contributed by atoms with Crippen molar-refractivity contribution in [2.24, 2.45) is 0 Å². The molecule has 15 heavy (non-hydrogen) atoms. The van der Waals surface area contributed by atoms with Gasteiger partial charge in [-0.05, 0) is 28.8 Å². The van der Waals surface area contributed by atoms with E-state index in [0.717, 1.165) is 10.9 Å². The second kappa shape index (κ2) is 4.67. The molecule has 2 aromatic rings. The Labute approximate surface area is 107 Å². The van der Waals surface area contributed by atoms with E-state index in [2.05, 4.69) is 75.2 Å². The predicted molar refractivity (Wildman–Crippen MR) is 73.6 cm³/mol. The molecule has 0 bridgehead atoms. The third-order valence-corrected chi connectivity index (χ3v) is 4.43. The van der Waals surface area contributed by atoms with E-state index < -0.39 is 0 Å². The van der Waals surface area contributed by atoms with Crippen molar-refractivity contribution in [3.8, 4) is 0 Å². The van der Waals surface area contributed by atoms with Gasteiger partial charge in [-0.1, -0.05) is 69.1 Å². The third-order valence-electron chi connectivity index (χ3n) is 2.60. The lowest BCUT2D eigenvalue weighted by atomic mass is 10.0. The van der Waals surface area contributed by atoms with Crippen LogP contribution < -0.4 is 0 Å². The Kier molecular flexibility index (Phi) is 3.47. The maximum absolute atomic E-state index is 3.72. The number of rotatable bonds is 2. The van der Waals surface area contributed by atoms with Crippen LogP contribution >= 0.6 is 31.9 Å². The predicted octanol–water partition coefficient (Wildman–Crippen LogP) is 5.45. The van der Waals surface area contributed by atoms with Gasteiger partial charge < -0.3 is 0 Å². The molecular formula is C13H12Br2. The third kappa shape index (κ3) is 2.11. The van der Waals surface area contributed by atoms with Crippen molar-refractivity contribution < 1.29 is 0 Å². The van der Waals surface area contributed by atoms with Gasteiger partial charge in [0.1, 0.15) is 0 Å². The van der Waals surface area contributed by atoms with Crippen molar-refractivity contribution in [2.75, 3.05) is 0 Å². The van der Waals surface area contributed by atoms with Gasteiger partial charge in [-0.2, -0.15) is 0 Å². The van der Waals surface area contributed by atoms with Gasteiger partial charge in [-0.25, -0.2) is 0 Å². The molecule has 0 amide bonds. The molecule has 0 saturated heterocycles. The van der Waals surface area contributed by atoms with Gasteiger partial charge in [0.2, 0.25) is 0 Å². The summed E-state index contributed by atoms with van der Waals surface area (Å²) >= 11 is 7.30. The first kappa shape index (κ1) is 11.2. The van der Waals surface area contributed by atoms with Crippen LogP contribution in [0, 0.1) is 0 Å². The second-order valence-corrected chi connectivity index (χ2v) is 5.52. The quantitative estimate of drug-likeness (QED) is 0.643. The molecule has 2 heteroatoms. The SMILES string of the molecule is CCC(Br)c1ccc(Br)c2ccccc12. The summed E-state index contributed by atoms with van der Waals surface area (Å²) in [6.07, 6.45) is 1.10. The topological polar surface area (TPSA) is 0 Å². The monoisotopic (exact) mass is 326 g/mol. The normalized spacial score (nSPS) is 13.0. The van der Waals surface area contributed by atoms with Crippen LogP contribution in [0.25, 0.3) is 10.8 Å². The average molecular weight is 328 g/mol. The average Bonchev–Trinajstić information content (AvgIpc) is 2.29. The van der Waals surface area contributed by atoms with E-state index in [1.807, 2.05) is 0 Å². The van der Waals surface area contributed by atoms with Gasteiger partial charge in [0.15, 0.2) is 0 Å². The van der Waals surface area contributed by atoms with Gasteiger partial charge in [-0.15, -0.1) is 0 Å². The standard InChI is InChI=1S/C13H12Br2/c1-2-12(14)11-7-8-13(15)10-6-4-3-5-9(10)11/h3-8,12H,2H2,1H3. The van der Waals surface area contributed by atoms with Gasteiger partial charge in [0.05, 0.1) is 0 Å². The summed E-state index contributed by atoms with van der Waals surface area (Å²) in [6.45, 7) is 2.19. The Balaban J connectivity index is 2.71. The van der Waals surface area contributed by atoms with E-state index in [-0.39, 0.29) is 0 Å². The summed E-state index contributed by atoms with van der Waals surface area (Å²) in [5, 5.41) is 2.61. The fourth-order valence-corrected chi connectivity index (χ4v) is 2.66. The largest absolute Gasteiger partial charge is 0.0839 e. The van der Waals surface area contributed by atoms with Crippen molar-refractivity contribution in [3.63, 3.8) is 0 Å². The van der Waals surface area contributed by atoms with Gasteiger partial charge >= 0.3 is 0 Å². The Bertz CT molecular complexity index is 477. The van der Waals surface area contributed by atoms with Crippen LogP contribution in [-0.2, 0) is 0 Å². The second-order valence-electron chi connectivity index (χ2n) is 3.56. The molecule has 1 atom stereocenters. The van der Waals surface area contributed by atoms with Crippen molar-refractivity contribution in [3.05, 3.63) is 46.4 Å². The highest BCUT2D eigenvalue weighted by atomic mass is 79.9. The fourth-order valence-electron chi connectivity index (χ4n) is 1.78. The zero-order chi connectivity index (χ0) is 10.8. The maximum atomic E-state index is 3.72. The van der Waals surface area contributed by atoms with E-state index >= 15 is 0 Å². The highest BCUT2D eigenvalue weighted by Crippen LogP contribution is 2.35. The van der Waals surface area contributed by atoms with E-state index in [1.54, 1.807) is 0 Å². The van der Waals surface area contributed by atoms with Crippen LogP contribution in [0.4, 0.5) is 0 Å². The minimum absolute atomic E-state index is 0.440. The smallest absolute Gasteiger partial charge is 0.0398 e. The molecule has 0 N–H and O–H groups in total. The highest BCUT2D eigenvalue weighted by molar-refractivity contribution is 9.10. The van der Waals surface area contributed by atoms with Crippen molar-refractivity contribution in [1.29, 1.82) is 0 Å². The molecule has 0 saturated carbocycles. The summed E-state index contributed by atoms with van der Waals surface area (Å²) in [6, 6.07) is 12.8. The van der Waals surface area contributed by atoms with Crippen LogP contribution in [0.5, 0.6) is 0 Å². The zero-order valence-corrected chi connectivity index (χ0v) is 11.7. The summed E-state index contributed by atoms with van der Waals surface area (Å²) in [5.41, 5.74) is 1.37. The first-order valence-electron chi connectivity index (χ1n) is 5.05. The minimum atomic E-state index is 0.440. The molecule has 1 unspecified atom stereocenters. The Hall–Kier alpha value is -0.340. The van der Waals surface area contributed by atoms with Gasteiger partial charge in [0, 0.05) is 9.30 Å². The minimum Gasteiger partial charge on any atom is -0.0839 e. The summed E-state index contributed by atoms with van der Waals surface area (Å²) < 4.78 is 1.16. The van der Waals surface area contributed by atoms with Crippen LogP contribution in [0.3, 0.4) is 0 Å². The summed E-state index contributed by atoms with van der Waals surface area (Å²) in [4.78, 5) is 0.440. The number of hydrogen-bond donors (Lipinski definition) is 0. The molecule has 78 valence electrons. The van der Waals surface area contributed by atoms with Gasteiger partial charge in [-0.3, -0.25) is 0 Å². The van der Waals surface area contributed by atoms with Crippen LogP contribution in [0.2, 0.25) is 0 Å². The Morgan fingerprint density at radius 3 is 2.40 bits per heavy atom. The van der Waals surface area contributed by atoms with Crippen molar-refractivity contribution in [1.82, 2.24) is 0 Å². The number of fused-ring (bicyclic) bond motifs is 1. The van der Waals surface area contributed by atoms with Crippen molar-refractivity contribution in [2.45, 2.75) is 18.2 Å². The first-order valence-corrected chi connectivity index (χ1v) is 6.76. The van der Waals surface area contributed by atoms with E-state index in [9.17, 15) is 0 Å². The zero-order valence-electron chi connectivity index (χ0n) is 8.50. The molecule has 0 radical (unpaired) electrons. The van der Waals surface area contributed by atoms with Crippen molar-refractivity contribution >= 4 is 42.6 Å². The molecule has 0 aliphatic rings. The summed E-state index contributed by atoms with van der Waals surface area (Å²) in [7, 11) is 0. The molecule has 0 nitrogen and oxygen atoms in total. The highest BCUT2D eigenvalue weighted by Gasteiger charge is 2.09. The van der Waals surface area contributed by atoms with Crippen LogP contribution in [-0.4, -0.2) is 0 Å². The fraction of sp³-hybridized carbons (Fsp3) is 0.231.